The molecule has 0 amide bonds. The second-order valence-corrected chi connectivity index (χ2v) is 8.51. The maximum atomic E-state index is 13.5. The number of methoxy groups -OCH3 is 1. The van der Waals surface area contributed by atoms with Crippen molar-refractivity contribution >= 4 is 28.6 Å². The van der Waals surface area contributed by atoms with Gasteiger partial charge in [-0.25, -0.2) is 0 Å². The van der Waals surface area contributed by atoms with E-state index in [0.717, 1.165) is 22.0 Å². The molecule has 3 atom stereocenters. The molecule has 1 aliphatic carbocycles. The maximum absolute atomic E-state index is 13.5. The lowest BCUT2D eigenvalue weighted by molar-refractivity contribution is -0.174. The van der Waals surface area contributed by atoms with Crippen LogP contribution in [0.4, 0.5) is 0 Å². The van der Waals surface area contributed by atoms with Crippen LogP contribution in [0.5, 0.6) is 0 Å². The average molecular weight is 424 g/mol. The molecule has 0 unspecified atom stereocenters. The Hall–Kier alpha value is -2.93. The summed E-state index contributed by atoms with van der Waals surface area (Å²) in [4.78, 5) is 44.1. The minimum Gasteiger partial charge on any atom is -0.468 e. The van der Waals surface area contributed by atoms with Gasteiger partial charge in [0, 0.05) is 42.8 Å². The summed E-state index contributed by atoms with van der Waals surface area (Å²) >= 11 is 0. The van der Waals surface area contributed by atoms with Crippen LogP contribution in [0.25, 0.3) is 10.9 Å². The average Bonchev–Trinajstić information content (AvgIpc) is 3.12. The van der Waals surface area contributed by atoms with Gasteiger partial charge >= 0.3 is 11.9 Å². The second-order valence-electron chi connectivity index (χ2n) is 8.51. The van der Waals surface area contributed by atoms with E-state index in [4.69, 9.17) is 9.47 Å². The summed E-state index contributed by atoms with van der Waals surface area (Å²) in [7, 11) is 3.31. The third kappa shape index (κ3) is 3.28. The maximum Gasteiger partial charge on any atom is 0.317 e. The first-order valence-electron chi connectivity index (χ1n) is 10.5. The van der Waals surface area contributed by atoms with Crippen LogP contribution in [-0.4, -0.2) is 61.0 Å². The molecule has 1 aromatic carbocycles. The van der Waals surface area contributed by atoms with Gasteiger partial charge in [-0.05, 0) is 32.0 Å². The summed E-state index contributed by atoms with van der Waals surface area (Å²) < 4.78 is 10.7. The van der Waals surface area contributed by atoms with Gasteiger partial charge < -0.3 is 14.5 Å². The number of ketones is 1. The van der Waals surface area contributed by atoms with Crippen LogP contribution in [0.15, 0.2) is 35.9 Å². The van der Waals surface area contributed by atoms with Crippen molar-refractivity contribution in [2.75, 3.05) is 27.3 Å². The molecule has 1 N–H and O–H groups in total. The monoisotopic (exact) mass is 424 g/mol. The molecule has 2 aliphatic rings. The Balaban J connectivity index is 1.97. The number of ether oxygens (including phenoxy) is 2. The number of likely N-dealkylation sites (N-methyl/N-ethyl adjacent to an activating group) is 1. The summed E-state index contributed by atoms with van der Waals surface area (Å²) in [5.74, 6) is -1.38. The zero-order chi connectivity index (χ0) is 22.3. The first-order chi connectivity index (χ1) is 14.8. The highest BCUT2D eigenvalue weighted by Gasteiger charge is 2.60. The third-order valence-corrected chi connectivity index (χ3v) is 6.96. The van der Waals surface area contributed by atoms with Crippen LogP contribution in [-0.2, 0) is 25.5 Å². The molecule has 1 aliphatic heterocycles. The number of allylic oxidation sites excluding steroid dienone is 1. The Morgan fingerprint density at radius 3 is 2.71 bits per heavy atom. The van der Waals surface area contributed by atoms with E-state index in [-0.39, 0.29) is 24.9 Å². The van der Waals surface area contributed by atoms with Crippen molar-refractivity contribution in [2.45, 2.75) is 32.7 Å². The Labute approximate surface area is 181 Å². The molecule has 2 bridgehead atoms. The normalized spacial score (nSPS) is 27.5. The molecular weight excluding hydrogens is 396 g/mol. The van der Waals surface area contributed by atoms with Gasteiger partial charge in [-0.15, -0.1) is 0 Å². The zero-order valence-corrected chi connectivity index (χ0v) is 18.4. The van der Waals surface area contributed by atoms with Crippen LogP contribution < -0.4 is 0 Å². The number of likely N-dealkylation sites (tertiary alicyclic amines) is 1. The molecule has 7 nitrogen and oxygen atoms in total. The number of carbonyl (C=O) groups is 3. The fourth-order valence-corrected chi connectivity index (χ4v) is 5.48. The van der Waals surface area contributed by atoms with E-state index in [1.165, 1.54) is 14.0 Å². The number of Topliss-reactive ketones (excluding diaryl/α,β-unsaturated/α-hetero) is 1. The fraction of sp³-hybridized carbons (Fsp3) is 0.458. The number of nitrogens with zero attached hydrogens (tertiary/aromatic N) is 1. The highest BCUT2D eigenvalue weighted by atomic mass is 16.5. The molecule has 1 saturated heterocycles. The first-order valence-corrected chi connectivity index (χ1v) is 10.5. The van der Waals surface area contributed by atoms with Gasteiger partial charge in [0.1, 0.15) is 12.0 Å². The number of rotatable bonds is 3. The van der Waals surface area contributed by atoms with E-state index >= 15 is 0 Å². The summed E-state index contributed by atoms with van der Waals surface area (Å²) in [6.07, 6.45) is 2.56. The van der Waals surface area contributed by atoms with Gasteiger partial charge in [0.15, 0.2) is 5.78 Å². The van der Waals surface area contributed by atoms with Gasteiger partial charge in [-0.1, -0.05) is 29.8 Å². The molecular formula is C24H28N2O5. The predicted octanol–water partition coefficient (Wildman–Crippen LogP) is 2.90. The van der Waals surface area contributed by atoms with Crippen molar-refractivity contribution < 1.29 is 23.9 Å². The van der Waals surface area contributed by atoms with Crippen LogP contribution >= 0.6 is 0 Å². The molecule has 1 aromatic heterocycles. The number of aromatic nitrogens is 1. The van der Waals surface area contributed by atoms with E-state index in [1.54, 1.807) is 0 Å². The lowest BCUT2D eigenvalue weighted by Gasteiger charge is -2.52. The van der Waals surface area contributed by atoms with Gasteiger partial charge in [0.2, 0.25) is 0 Å². The van der Waals surface area contributed by atoms with Gasteiger partial charge in [0.25, 0.3) is 0 Å². The number of aromatic amines is 1. The largest absolute Gasteiger partial charge is 0.468 e. The Bertz CT molecular complexity index is 1080. The van der Waals surface area contributed by atoms with E-state index in [9.17, 15) is 14.4 Å². The van der Waals surface area contributed by atoms with Crippen molar-refractivity contribution in [3.63, 3.8) is 0 Å². The first kappa shape index (κ1) is 21.3. The topological polar surface area (TPSA) is 88.7 Å². The van der Waals surface area contributed by atoms with E-state index in [0.29, 0.717) is 18.7 Å². The Morgan fingerprint density at radius 1 is 1.29 bits per heavy atom. The molecule has 0 saturated carbocycles. The highest BCUT2D eigenvalue weighted by Crippen LogP contribution is 2.49. The molecule has 164 valence electrons. The van der Waals surface area contributed by atoms with E-state index in [1.807, 2.05) is 44.3 Å². The molecule has 4 rings (SSSR count). The van der Waals surface area contributed by atoms with Crippen molar-refractivity contribution in [3.05, 3.63) is 47.2 Å². The number of fused-ring (bicyclic) bond motifs is 5. The zero-order valence-electron chi connectivity index (χ0n) is 18.4. The van der Waals surface area contributed by atoms with Crippen LogP contribution in [0, 0.1) is 11.3 Å². The molecule has 0 radical (unpaired) electrons. The van der Waals surface area contributed by atoms with E-state index in [2.05, 4.69) is 9.88 Å². The lowest BCUT2D eigenvalue weighted by atomic mass is 9.60. The summed E-state index contributed by atoms with van der Waals surface area (Å²) in [5, 5.41) is 0.973. The van der Waals surface area contributed by atoms with Crippen molar-refractivity contribution in [1.29, 1.82) is 0 Å². The number of benzene rings is 1. The van der Waals surface area contributed by atoms with Crippen LogP contribution in [0.2, 0.25) is 0 Å². The number of hydrogen-bond donors (Lipinski definition) is 1. The number of piperidine rings is 1. The molecule has 7 heteroatoms. The standard InChI is InChI=1S/C24H28N2O5/c1-5-15-12-26(3)21-10-17-16-8-6-7-9-19(16)25-22(17)20(28)11-18(15)24(21,23(29)30-4)13-31-14(2)27/h5-9,18,21,25H,10-13H2,1-4H3/b15-5-/t18-,21-,24-/m0/s1. The minimum atomic E-state index is -1.18. The fourth-order valence-electron chi connectivity index (χ4n) is 5.48. The molecule has 31 heavy (non-hydrogen) atoms. The number of nitrogens with one attached hydrogen (secondary N) is 1. The number of hydrogen-bond acceptors (Lipinski definition) is 6. The molecule has 2 aromatic rings. The Morgan fingerprint density at radius 2 is 2.03 bits per heavy atom. The van der Waals surface area contributed by atoms with Gasteiger partial charge in [-0.3, -0.25) is 19.3 Å². The van der Waals surface area contributed by atoms with Crippen molar-refractivity contribution in [3.8, 4) is 0 Å². The minimum absolute atomic E-state index is 0.0466. The van der Waals surface area contributed by atoms with Crippen molar-refractivity contribution in [2.24, 2.45) is 11.3 Å². The number of esters is 2. The summed E-state index contributed by atoms with van der Waals surface area (Å²) in [6.45, 7) is 3.74. The molecule has 1 fully saturated rings. The Kier molecular flexibility index (Phi) is 5.47. The number of para-hydroxylation sites is 1. The number of H-pyrrole nitrogens is 1. The number of carbonyl (C=O) groups excluding carboxylic acids is 3. The molecule has 0 spiro atoms. The van der Waals surface area contributed by atoms with Crippen molar-refractivity contribution in [1.82, 2.24) is 9.88 Å². The third-order valence-electron chi connectivity index (χ3n) is 6.96. The van der Waals surface area contributed by atoms with Gasteiger partial charge in [-0.2, -0.15) is 0 Å². The summed E-state index contributed by atoms with van der Waals surface area (Å²) in [5.41, 5.74) is 2.20. The lowest BCUT2D eigenvalue weighted by Crippen LogP contribution is -2.64. The van der Waals surface area contributed by atoms with Crippen LogP contribution in [0.3, 0.4) is 0 Å². The predicted molar refractivity (Wildman–Crippen MR) is 116 cm³/mol. The highest BCUT2D eigenvalue weighted by molar-refractivity contribution is 6.03. The SMILES string of the molecule is C/C=C1/CN(C)[C@H]2Cc3c([nH]c4ccccc34)C(=O)C[C@@H]1[C@]2(COC(C)=O)C(=O)OC. The van der Waals surface area contributed by atoms with Gasteiger partial charge in [0.05, 0.1) is 12.8 Å². The van der Waals surface area contributed by atoms with Crippen LogP contribution in [0.1, 0.15) is 36.3 Å². The summed E-state index contributed by atoms with van der Waals surface area (Å²) in [6, 6.07) is 7.51. The smallest absolute Gasteiger partial charge is 0.317 e. The quantitative estimate of drug-likeness (QED) is 0.602. The molecule has 2 heterocycles. The second kappa shape index (κ2) is 7.96. The van der Waals surface area contributed by atoms with E-state index < -0.39 is 23.3 Å².